The van der Waals surface area contributed by atoms with Crippen molar-refractivity contribution in [3.63, 3.8) is 0 Å². The van der Waals surface area contributed by atoms with E-state index in [0.717, 1.165) is 12.8 Å². The smallest absolute Gasteiger partial charge is 0.0840 e. The lowest BCUT2D eigenvalue weighted by molar-refractivity contribution is 1.08. The lowest BCUT2D eigenvalue weighted by Gasteiger charge is -2.02. The molecule has 3 heteroatoms. The highest BCUT2D eigenvalue weighted by Gasteiger charge is 1.99. The van der Waals surface area contributed by atoms with Gasteiger partial charge < -0.3 is 0 Å². The summed E-state index contributed by atoms with van der Waals surface area (Å²) in [6.07, 6.45) is 8.35. The van der Waals surface area contributed by atoms with Crippen LogP contribution in [0.5, 0.6) is 0 Å². The molecular weight excluding hydrogens is 150 g/mol. The Morgan fingerprint density at radius 2 is 2.56 bits per heavy atom. The topological polar surface area (TPSA) is 12.4 Å². The minimum absolute atomic E-state index is 1.13. The van der Waals surface area contributed by atoms with Gasteiger partial charge in [0.15, 0.2) is 0 Å². The average Bonchev–Trinajstić information content (AvgIpc) is 1.91. The van der Waals surface area contributed by atoms with Crippen molar-refractivity contribution in [3.8, 4) is 0 Å². The van der Waals surface area contributed by atoms with Crippen molar-refractivity contribution < 1.29 is 0 Å². The summed E-state index contributed by atoms with van der Waals surface area (Å²) in [6.45, 7) is 0. The molecule has 0 aromatic rings. The third kappa shape index (κ3) is 2.45. The highest BCUT2D eigenvalue weighted by molar-refractivity contribution is 8.82. The summed E-state index contributed by atoms with van der Waals surface area (Å²) in [7, 11) is 3.53. The van der Waals surface area contributed by atoms with E-state index < -0.39 is 0 Å². The molecule has 1 aliphatic rings. The zero-order valence-corrected chi connectivity index (χ0v) is 6.97. The second-order valence-electron chi connectivity index (χ2n) is 1.70. The third-order valence-electron chi connectivity index (χ3n) is 1.03. The van der Waals surface area contributed by atoms with Gasteiger partial charge in [0.1, 0.15) is 0 Å². The van der Waals surface area contributed by atoms with Gasteiger partial charge in [-0.3, -0.25) is 4.99 Å². The van der Waals surface area contributed by atoms with E-state index in [2.05, 4.69) is 17.3 Å². The maximum Gasteiger partial charge on any atom is 0.0840 e. The summed E-state index contributed by atoms with van der Waals surface area (Å²) >= 11 is 0. The van der Waals surface area contributed by atoms with E-state index in [4.69, 9.17) is 0 Å². The second kappa shape index (κ2) is 4.01. The first-order chi connectivity index (χ1) is 4.43. The first-order valence-corrected chi connectivity index (χ1v) is 5.41. The molecule has 0 N–H and O–H groups in total. The van der Waals surface area contributed by atoms with Gasteiger partial charge in [-0.2, -0.15) is 0 Å². The van der Waals surface area contributed by atoms with Crippen molar-refractivity contribution in [2.75, 3.05) is 6.26 Å². The number of nitrogens with zero attached hydrogens (tertiary/aromatic N) is 1. The van der Waals surface area contributed by atoms with E-state index in [0.29, 0.717) is 0 Å². The van der Waals surface area contributed by atoms with E-state index in [-0.39, 0.29) is 0 Å². The second-order valence-corrected chi connectivity index (χ2v) is 4.17. The summed E-state index contributed by atoms with van der Waals surface area (Å²) in [5, 5.41) is 1.25. The molecule has 0 unspecified atom stereocenters. The lowest BCUT2D eigenvalue weighted by atomic mass is 10.3. The molecule has 0 atom stereocenters. The molecule has 0 saturated heterocycles. The summed E-state index contributed by atoms with van der Waals surface area (Å²) in [6, 6.07) is 0. The van der Waals surface area contributed by atoms with Gasteiger partial charge in [-0.05, 0) is 23.5 Å². The highest BCUT2D eigenvalue weighted by atomic mass is 33.1. The van der Waals surface area contributed by atoms with Crippen molar-refractivity contribution in [1.82, 2.24) is 0 Å². The molecule has 0 saturated carbocycles. The van der Waals surface area contributed by atoms with E-state index >= 15 is 0 Å². The van der Waals surface area contributed by atoms with Gasteiger partial charge in [0, 0.05) is 12.6 Å². The Bertz CT molecular complexity index is 140. The molecule has 0 fully saturated rings. The molecular formula is C6H9NS2. The van der Waals surface area contributed by atoms with Crippen molar-refractivity contribution in [1.29, 1.82) is 0 Å². The van der Waals surface area contributed by atoms with Crippen LogP contribution in [-0.4, -0.2) is 11.3 Å². The van der Waals surface area contributed by atoms with Crippen LogP contribution < -0.4 is 0 Å². The molecule has 0 bridgehead atoms. The minimum atomic E-state index is 1.13. The van der Waals surface area contributed by atoms with Crippen LogP contribution in [0.3, 0.4) is 0 Å². The van der Waals surface area contributed by atoms with Crippen LogP contribution in [0.25, 0.3) is 0 Å². The Morgan fingerprint density at radius 3 is 3.11 bits per heavy atom. The molecule has 1 nitrogen and oxygen atoms in total. The maximum absolute atomic E-state index is 4.20. The number of rotatable bonds is 1. The van der Waals surface area contributed by atoms with Crippen LogP contribution >= 0.6 is 21.6 Å². The third-order valence-corrected chi connectivity index (χ3v) is 2.77. The molecule has 50 valence electrons. The molecule has 0 aromatic heterocycles. The van der Waals surface area contributed by atoms with Gasteiger partial charge in [-0.1, -0.05) is 16.9 Å². The quantitative estimate of drug-likeness (QED) is 0.545. The summed E-state index contributed by atoms with van der Waals surface area (Å²) in [5.41, 5.74) is 0. The minimum Gasteiger partial charge on any atom is -0.254 e. The number of hydrogen-bond acceptors (Lipinski definition) is 3. The SMILES string of the molecule is CSSC1=NC=CCC1. The van der Waals surface area contributed by atoms with Gasteiger partial charge in [-0.25, -0.2) is 0 Å². The number of hydrogen-bond donors (Lipinski definition) is 0. The molecule has 1 aliphatic heterocycles. The van der Waals surface area contributed by atoms with Gasteiger partial charge in [-0.15, -0.1) is 0 Å². The average molecular weight is 159 g/mol. The Hall–Kier alpha value is 0.110. The fourth-order valence-electron chi connectivity index (χ4n) is 0.641. The predicted octanol–water partition coefficient (Wildman–Crippen LogP) is 2.70. The van der Waals surface area contributed by atoms with Crippen molar-refractivity contribution in [2.45, 2.75) is 12.8 Å². The molecule has 1 rings (SSSR count). The van der Waals surface area contributed by atoms with Crippen LogP contribution in [0.4, 0.5) is 0 Å². The predicted molar refractivity (Wildman–Crippen MR) is 46.9 cm³/mol. The van der Waals surface area contributed by atoms with Crippen LogP contribution in [0.15, 0.2) is 17.3 Å². The van der Waals surface area contributed by atoms with Gasteiger partial charge in [0.25, 0.3) is 0 Å². The molecule has 0 radical (unpaired) electrons. The molecule has 1 heterocycles. The Kier molecular flexibility index (Phi) is 3.22. The zero-order chi connectivity index (χ0) is 6.53. The Balaban J connectivity index is 2.38. The van der Waals surface area contributed by atoms with E-state index in [1.165, 1.54) is 5.04 Å². The van der Waals surface area contributed by atoms with Crippen LogP contribution in [0, 0.1) is 0 Å². The fraction of sp³-hybridized carbons (Fsp3) is 0.500. The Morgan fingerprint density at radius 1 is 1.67 bits per heavy atom. The number of aliphatic imine (C=N–C) groups is 1. The summed E-state index contributed by atoms with van der Waals surface area (Å²) < 4.78 is 0. The zero-order valence-electron chi connectivity index (χ0n) is 5.33. The van der Waals surface area contributed by atoms with Crippen LogP contribution in [0.2, 0.25) is 0 Å². The van der Waals surface area contributed by atoms with Crippen molar-refractivity contribution in [3.05, 3.63) is 12.3 Å². The van der Waals surface area contributed by atoms with Crippen LogP contribution in [-0.2, 0) is 0 Å². The maximum atomic E-state index is 4.20. The van der Waals surface area contributed by atoms with Crippen molar-refractivity contribution >= 4 is 26.6 Å². The highest BCUT2D eigenvalue weighted by Crippen LogP contribution is 2.23. The molecule has 0 amide bonds. The number of allylic oxidation sites excluding steroid dienone is 1. The Labute approximate surface area is 63.4 Å². The molecule has 0 spiro atoms. The normalized spacial score (nSPS) is 17.7. The first-order valence-electron chi connectivity index (χ1n) is 2.86. The molecule has 0 aliphatic carbocycles. The van der Waals surface area contributed by atoms with Crippen LogP contribution in [0.1, 0.15) is 12.8 Å². The van der Waals surface area contributed by atoms with Gasteiger partial charge in [0.2, 0.25) is 0 Å². The lowest BCUT2D eigenvalue weighted by Crippen LogP contribution is -1.91. The van der Waals surface area contributed by atoms with E-state index in [9.17, 15) is 0 Å². The fourth-order valence-corrected chi connectivity index (χ4v) is 2.09. The largest absolute Gasteiger partial charge is 0.254 e. The molecule has 0 aromatic carbocycles. The van der Waals surface area contributed by atoms with Gasteiger partial charge >= 0.3 is 0 Å². The van der Waals surface area contributed by atoms with E-state index in [1.807, 2.05) is 6.20 Å². The monoisotopic (exact) mass is 159 g/mol. The molecule has 9 heavy (non-hydrogen) atoms. The standard InChI is InChI=1S/C6H9NS2/c1-8-9-6-4-2-3-5-7-6/h3,5H,2,4H2,1H3. The summed E-state index contributed by atoms with van der Waals surface area (Å²) in [4.78, 5) is 4.20. The van der Waals surface area contributed by atoms with Gasteiger partial charge in [0.05, 0.1) is 5.04 Å². The van der Waals surface area contributed by atoms with Crippen molar-refractivity contribution in [2.24, 2.45) is 4.99 Å². The van der Waals surface area contributed by atoms with E-state index in [1.54, 1.807) is 21.6 Å². The summed E-state index contributed by atoms with van der Waals surface area (Å²) in [5.74, 6) is 0. The first kappa shape index (κ1) is 7.22.